The van der Waals surface area contributed by atoms with Crippen molar-refractivity contribution < 1.29 is 23.1 Å². The van der Waals surface area contributed by atoms with Gasteiger partial charge in [0, 0.05) is 17.6 Å². The maximum atomic E-state index is 12.5. The van der Waals surface area contributed by atoms with Crippen molar-refractivity contribution in [2.45, 2.75) is 17.9 Å². The molecule has 0 bridgehead atoms. The van der Waals surface area contributed by atoms with Crippen molar-refractivity contribution in [3.63, 3.8) is 0 Å². The van der Waals surface area contributed by atoms with E-state index >= 15 is 0 Å². The van der Waals surface area contributed by atoms with Crippen LogP contribution in [0.25, 0.3) is 0 Å². The molecule has 0 radical (unpaired) electrons. The Balaban J connectivity index is 2.36. The summed E-state index contributed by atoms with van der Waals surface area (Å²) < 4.78 is 32.0. The van der Waals surface area contributed by atoms with Gasteiger partial charge in [-0.25, -0.2) is 13.2 Å². The van der Waals surface area contributed by atoms with E-state index in [0.29, 0.717) is 13.2 Å². The molecule has 6 nitrogen and oxygen atoms in total. The van der Waals surface area contributed by atoms with Gasteiger partial charge in [-0.2, -0.15) is 4.31 Å². The molecular formula is C12H14BrNO5S. The summed E-state index contributed by atoms with van der Waals surface area (Å²) in [5.74, 6) is -1.10. The first-order valence-electron chi connectivity index (χ1n) is 5.97. The lowest BCUT2D eigenvalue weighted by molar-refractivity contribution is 0.0102. The van der Waals surface area contributed by atoms with Crippen LogP contribution in [0, 0.1) is 0 Å². The van der Waals surface area contributed by atoms with Crippen molar-refractivity contribution in [3.05, 3.63) is 28.2 Å². The Kier molecular flexibility index (Phi) is 4.48. The number of ether oxygens (including phenoxy) is 1. The number of nitrogens with zero attached hydrogens (tertiary/aromatic N) is 1. The summed E-state index contributed by atoms with van der Waals surface area (Å²) in [6.45, 7) is 2.74. The van der Waals surface area contributed by atoms with Crippen molar-refractivity contribution in [2.24, 2.45) is 0 Å². The standard InChI is InChI=1S/C12H14BrNO5S/c1-8-7-14(4-5-19-8)20(17,18)11-3-2-9(12(15)16)6-10(11)13/h2-3,6,8H,4-5,7H2,1H3,(H,15,16)/t8-/m0/s1. The summed E-state index contributed by atoms with van der Waals surface area (Å²) >= 11 is 3.13. The molecule has 0 aromatic heterocycles. The van der Waals surface area contributed by atoms with Crippen LogP contribution in [0.4, 0.5) is 0 Å². The van der Waals surface area contributed by atoms with Crippen LogP contribution in [0.1, 0.15) is 17.3 Å². The normalized spacial score (nSPS) is 20.8. The molecule has 1 saturated heterocycles. The highest BCUT2D eigenvalue weighted by Crippen LogP contribution is 2.27. The lowest BCUT2D eigenvalue weighted by atomic mass is 10.2. The highest BCUT2D eigenvalue weighted by Gasteiger charge is 2.30. The lowest BCUT2D eigenvalue weighted by Crippen LogP contribution is -2.44. The van der Waals surface area contributed by atoms with E-state index in [0.717, 1.165) is 0 Å². The quantitative estimate of drug-likeness (QED) is 0.880. The van der Waals surface area contributed by atoms with Gasteiger partial charge in [0.15, 0.2) is 0 Å². The van der Waals surface area contributed by atoms with Crippen molar-refractivity contribution >= 4 is 31.9 Å². The molecule has 1 heterocycles. The molecule has 1 aliphatic rings. The van der Waals surface area contributed by atoms with Crippen LogP contribution in [-0.4, -0.2) is 49.6 Å². The molecule has 8 heteroatoms. The third-order valence-electron chi connectivity index (χ3n) is 3.00. The molecule has 0 unspecified atom stereocenters. The van der Waals surface area contributed by atoms with Crippen molar-refractivity contribution in [1.29, 1.82) is 0 Å². The zero-order valence-electron chi connectivity index (χ0n) is 10.7. The number of benzene rings is 1. The highest BCUT2D eigenvalue weighted by molar-refractivity contribution is 9.10. The van der Waals surface area contributed by atoms with Crippen LogP contribution in [0.3, 0.4) is 0 Å². The molecule has 1 N–H and O–H groups in total. The fourth-order valence-electron chi connectivity index (χ4n) is 1.99. The topological polar surface area (TPSA) is 83.9 Å². The first-order chi connectivity index (χ1) is 9.32. The predicted molar refractivity (Wildman–Crippen MR) is 75.3 cm³/mol. The van der Waals surface area contributed by atoms with Gasteiger partial charge in [-0.1, -0.05) is 0 Å². The molecule has 1 atom stereocenters. The minimum atomic E-state index is -3.65. The number of halogens is 1. The first kappa shape index (κ1) is 15.4. The second-order valence-corrected chi connectivity index (χ2v) is 7.26. The number of hydrogen-bond donors (Lipinski definition) is 1. The smallest absolute Gasteiger partial charge is 0.335 e. The minimum absolute atomic E-state index is 0.0335. The molecule has 110 valence electrons. The minimum Gasteiger partial charge on any atom is -0.478 e. The van der Waals surface area contributed by atoms with Gasteiger partial charge in [-0.3, -0.25) is 0 Å². The fourth-order valence-corrected chi connectivity index (χ4v) is 4.52. The summed E-state index contributed by atoms with van der Waals surface area (Å²) in [5.41, 5.74) is 0.0335. The molecule has 0 saturated carbocycles. The summed E-state index contributed by atoms with van der Waals surface area (Å²) in [6.07, 6.45) is -0.157. The molecule has 1 aliphatic heterocycles. The third-order valence-corrected chi connectivity index (χ3v) is 5.84. The van der Waals surface area contributed by atoms with E-state index in [9.17, 15) is 13.2 Å². The van der Waals surface area contributed by atoms with E-state index in [2.05, 4.69) is 15.9 Å². The Morgan fingerprint density at radius 1 is 1.50 bits per heavy atom. The predicted octanol–water partition coefficient (Wildman–Crippen LogP) is 1.56. The van der Waals surface area contributed by atoms with Crippen LogP contribution in [0.2, 0.25) is 0 Å². The second-order valence-electron chi connectivity index (χ2n) is 4.49. The molecular weight excluding hydrogens is 350 g/mol. The molecule has 1 fully saturated rings. The molecule has 2 rings (SSSR count). The number of carboxylic acid groups (broad SMARTS) is 1. The first-order valence-corrected chi connectivity index (χ1v) is 8.20. The van der Waals surface area contributed by atoms with Crippen LogP contribution < -0.4 is 0 Å². The lowest BCUT2D eigenvalue weighted by Gasteiger charge is -2.30. The number of hydrogen-bond acceptors (Lipinski definition) is 4. The summed E-state index contributed by atoms with van der Waals surface area (Å²) in [4.78, 5) is 10.9. The number of aromatic carboxylic acids is 1. The van der Waals surface area contributed by atoms with Gasteiger partial charge in [-0.15, -0.1) is 0 Å². The Labute approximate surface area is 125 Å². The molecule has 0 aliphatic carbocycles. The Morgan fingerprint density at radius 2 is 2.20 bits per heavy atom. The maximum absolute atomic E-state index is 12.5. The van der Waals surface area contributed by atoms with Gasteiger partial charge in [0.2, 0.25) is 10.0 Å². The molecule has 0 spiro atoms. The van der Waals surface area contributed by atoms with Gasteiger partial charge < -0.3 is 9.84 Å². The summed E-state index contributed by atoms with van der Waals surface area (Å²) in [7, 11) is -3.65. The van der Waals surface area contributed by atoms with E-state index in [1.807, 2.05) is 6.92 Å². The zero-order chi connectivity index (χ0) is 14.9. The summed E-state index contributed by atoms with van der Waals surface area (Å²) in [6, 6.07) is 3.88. The third kappa shape index (κ3) is 3.03. The maximum Gasteiger partial charge on any atom is 0.335 e. The highest BCUT2D eigenvalue weighted by atomic mass is 79.9. The SMILES string of the molecule is C[C@H]1CN(S(=O)(=O)c2ccc(C(=O)O)cc2Br)CCO1. The largest absolute Gasteiger partial charge is 0.478 e. The van der Waals surface area contributed by atoms with Crippen molar-refractivity contribution in [2.75, 3.05) is 19.7 Å². The fraction of sp³-hybridized carbons (Fsp3) is 0.417. The Bertz CT molecular complexity index is 631. The van der Waals surface area contributed by atoms with Crippen LogP contribution in [0.15, 0.2) is 27.6 Å². The number of carbonyl (C=O) groups is 1. The summed E-state index contributed by atoms with van der Waals surface area (Å²) in [5, 5.41) is 8.89. The van der Waals surface area contributed by atoms with E-state index in [4.69, 9.17) is 9.84 Å². The van der Waals surface area contributed by atoms with Gasteiger partial charge >= 0.3 is 5.97 Å². The average Bonchev–Trinajstić information content (AvgIpc) is 2.38. The van der Waals surface area contributed by atoms with E-state index < -0.39 is 16.0 Å². The van der Waals surface area contributed by atoms with Gasteiger partial charge in [-0.05, 0) is 41.1 Å². The van der Waals surface area contributed by atoms with Gasteiger partial charge in [0.05, 0.1) is 23.2 Å². The van der Waals surface area contributed by atoms with E-state index in [1.54, 1.807) is 0 Å². The van der Waals surface area contributed by atoms with Gasteiger partial charge in [0.1, 0.15) is 0 Å². The van der Waals surface area contributed by atoms with Gasteiger partial charge in [0.25, 0.3) is 0 Å². The van der Waals surface area contributed by atoms with E-state index in [1.165, 1.54) is 22.5 Å². The molecule has 20 heavy (non-hydrogen) atoms. The Morgan fingerprint density at radius 3 is 2.75 bits per heavy atom. The number of rotatable bonds is 3. The Hall–Kier alpha value is -0.960. The molecule has 1 aromatic rings. The van der Waals surface area contributed by atoms with E-state index in [-0.39, 0.29) is 27.6 Å². The second kappa shape index (κ2) is 5.80. The zero-order valence-corrected chi connectivity index (χ0v) is 13.1. The van der Waals surface area contributed by atoms with Crippen molar-refractivity contribution in [3.8, 4) is 0 Å². The molecule has 0 amide bonds. The molecule has 1 aromatic carbocycles. The van der Waals surface area contributed by atoms with Crippen LogP contribution >= 0.6 is 15.9 Å². The number of morpholine rings is 1. The van der Waals surface area contributed by atoms with Crippen LogP contribution in [-0.2, 0) is 14.8 Å². The van der Waals surface area contributed by atoms with Crippen molar-refractivity contribution in [1.82, 2.24) is 4.31 Å². The number of carboxylic acids is 1. The number of sulfonamides is 1. The monoisotopic (exact) mass is 363 g/mol. The average molecular weight is 364 g/mol. The van der Waals surface area contributed by atoms with Crippen LogP contribution in [0.5, 0.6) is 0 Å².